The Labute approximate surface area is 105 Å². The van der Waals surface area contributed by atoms with Gasteiger partial charge in [-0.2, -0.15) is 0 Å². The maximum Gasteiger partial charge on any atom is 0.306 e. The Kier molecular flexibility index (Phi) is 3.60. The summed E-state index contributed by atoms with van der Waals surface area (Å²) in [6.45, 7) is 1.78. The zero-order valence-electron chi connectivity index (χ0n) is 10.2. The second kappa shape index (κ2) is 5.16. The van der Waals surface area contributed by atoms with E-state index in [1.807, 2.05) is 0 Å². The molecule has 0 spiro atoms. The van der Waals surface area contributed by atoms with Gasteiger partial charge in [-0.25, -0.2) is 0 Å². The van der Waals surface area contributed by atoms with Crippen molar-refractivity contribution < 1.29 is 14.7 Å². The lowest BCUT2D eigenvalue weighted by Crippen LogP contribution is -2.33. The van der Waals surface area contributed by atoms with Crippen molar-refractivity contribution >= 4 is 11.9 Å². The second-order valence-corrected chi connectivity index (χ2v) is 4.65. The summed E-state index contributed by atoms with van der Waals surface area (Å²) in [5, 5.41) is 11.8. The molecule has 1 aromatic heterocycles. The molecule has 1 saturated carbocycles. The summed E-state index contributed by atoms with van der Waals surface area (Å²) in [4.78, 5) is 26.9. The summed E-state index contributed by atoms with van der Waals surface area (Å²) >= 11 is 0. The molecule has 0 aromatic carbocycles. The largest absolute Gasteiger partial charge is 0.481 e. The van der Waals surface area contributed by atoms with Gasteiger partial charge in [0.15, 0.2) is 0 Å². The van der Waals surface area contributed by atoms with Gasteiger partial charge in [0.2, 0.25) is 0 Å². The van der Waals surface area contributed by atoms with E-state index < -0.39 is 5.97 Å². The number of hydrogen-bond donors (Lipinski definition) is 2. The highest BCUT2D eigenvalue weighted by molar-refractivity contribution is 5.95. The maximum absolute atomic E-state index is 12.0. The van der Waals surface area contributed by atoms with Crippen molar-refractivity contribution in [3.05, 3.63) is 29.6 Å². The quantitative estimate of drug-likeness (QED) is 0.846. The van der Waals surface area contributed by atoms with E-state index in [1.165, 1.54) is 0 Å². The molecule has 2 unspecified atom stereocenters. The number of carboxylic acid groups (broad SMARTS) is 1. The van der Waals surface area contributed by atoms with E-state index >= 15 is 0 Å². The van der Waals surface area contributed by atoms with Gasteiger partial charge in [0.05, 0.1) is 11.5 Å². The van der Waals surface area contributed by atoms with Crippen LogP contribution in [0.3, 0.4) is 0 Å². The molecule has 0 bridgehead atoms. The zero-order chi connectivity index (χ0) is 13.1. The molecular formula is C13H16N2O3. The standard InChI is InChI=1S/C13H16N2O3/c1-8-11(3-2-6-14-8)12(16)15-10-5-4-9(7-10)13(17)18/h2-3,6,9-10H,4-5,7H2,1H3,(H,15,16)(H,17,18). The molecule has 96 valence electrons. The third-order valence-electron chi connectivity index (χ3n) is 3.37. The van der Waals surface area contributed by atoms with Crippen molar-refractivity contribution in [2.24, 2.45) is 5.92 Å². The van der Waals surface area contributed by atoms with Gasteiger partial charge in [0.1, 0.15) is 0 Å². The number of aromatic nitrogens is 1. The third kappa shape index (κ3) is 2.67. The van der Waals surface area contributed by atoms with E-state index in [4.69, 9.17) is 5.11 Å². The van der Waals surface area contributed by atoms with Crippen molar-refractivity contribution in [2.45, 2.75) is 32.2 Å². The highest BCUT2D eigenvalue weighted by atomic mass is 16.4. The van der Waals surface area contributed by atoms with Gasteiger partial charge >= 0.3 is 5.97 Å². The van der Waals surface area contributed by atoms with Crippen molar-refractivity contribution in [1.82, 2.24) is 10.3 Å². The highest BCUT2D eigenvalue weighted by Gasteiger charge is 2.30. The molecule has 5 nitrogen and oxygen atoms in total. The minimum atomic E-state index is -0.774. The molecule has 0 saturated heterocycles. The van der Waals surface area contributed by atoms with E-state index in [0.29, 0.717) is 24.1 Å². The van der Waals surface area contributed by atoms with Crippen LogP contribution in [-0.4, -0.2) is 28.0 Å². The van der Waals surface area contributed by atoms with Gasteiger partial charge in [0, 0.05) is 17.9 Å². The number of amides is 1. The van der Waals surface area contributed by atoms with Gasteiger partial charge in [-0.15, -0.1) is 0 Å². The number of carboxylic acids is 1. The summed E-state index contributed by atoms with van der Waals surface area (Å²) < 4.78 is 0. The highest BCUT2D eigenvalue weighted by Crippen LogP contribution is 2.25. The molecule has 1 aliphatic carbocycles. The molecule has 0 radical (unpaired) electrons. The molecule has 1 aliphatic rings. The summed E-state index contributed by atoms with van der Waals surface area (Å²) in [7, 11) is 0. The summed E-state index contributed by atoms with van der Waals surface area (Å²) in [6.07, 6.45) is 3.51. The van der Waals surface area contributed by atoms with Crippen LogP contribution in [0.1, 0.15) is 35.3 Å². The lowest BCUT2D eigenvalue weighted by Gasteiger charge is -2.13. The Morgan fingerprint density at radius 1 is 1.44 bits per heavy atom. The first-order valence-electron chi connectivity index (χ1n) is 6.03. The normalized spacial score (nSPS) is 22.7. The fourth-order valence-corrected chi connectivity index (χ4v) is 2.32. The van der Waals surface area contributed by atoms with E-state index in [1.54, 1.807) is 25.3 Å². The number of carbonyl (C=O) groups is 2. The van der Waals surface area contributed by atoms with E-state index in [2.05, 4.69) is 10.3 Å². The predicted molar refractivity (Wildman–Crippen MR) is 65.2 cm³/mol. The third-order valence-corrected chi connectivity index (χ3v) is 3.37. The van der Waals surface area contributed by atoms with Crippen LogP contribution in [0, 0.1) is 12.8 Å². The number of nitrogens with one attached hydrogen (secondary N) is 1. The van der Waals surface area contributed by atoms with Crippen LogP contribution in [0.15, 0.2) is 18.3 Å². The number of aliphatic carboxylic acids is 1. The van der Waals surface area contributed by atoms with Crippen molar-refractivity contribution in [1.29, 1.82) is 0 Å². The minimum absolute atomic E-state index is 0.0433. The average Bonchev–Trinajstić information content (AvgIpc) is 2.78. The van der Waals surface area contributed by atoms with Crippen LogP contribution in [0.5, 0.6) is 0 Å². The maximum atomic E-state index is 12.0. The zero-order valence-corrected chi connectivity index (χ0v) is 10.2. The molecule has 1 aromatic rings. The molecule has 2 atom stereocenters. The monoisotopic (exact) mass is 248 g/mol. The number of aryl methyl sites for hydroxylation is 1. The molecule has 1 heterocycles. The summed E-state index contributed by atoms with van der Waals surface area (Å²) in [6, 6.07) is 3.40. The average molecular weight is 248 g/mol. The first-order valence-corrected chi connectivity index (χ1v) is 6.03. The first kappa shape index (κ1) is 12.5. The van der Waals surface area contributed by atoms with Crippen LogP contribution in [-0.2, 0) is 4.79 Å². The number of nitrogens with zero attached hydrogens (tertiary/aromatic N) is 1. The van der Waals surface area contributed by atoms with Crippen LogP contribution in [0.4, 0.5) is 0 Å². The Morgan fingerprint density at radius 3 is 2.83 bits per heavy atom. The molecule has 1 fully saturated rings. The van der Waals surface area contributed by atoms with Gasteiger partial charge in [-0.3, -0.25) is 14.6 Å². The molecule has 18 heavy (non-hydrogen) atoms. The van der Waals surface area contributed by atoms with Crippen LogP contribution < -0.4 is 5.32 Å². The van der Waals surface area contributed by atoms with Crippen LogP contribution in [0.2, 0.25) is 0 Å². The van der Waals surface area contributed by atoms with Gasteiger partial charge in [-0.1, -0.05) is 0 Å². The predicted octanol–water partition coefficient (Wildman–Crippen LogP) is 1.37. The lowest BCUT2D eigenvalue weighted by atomic mass is 10.1. The summed E-state index contributed by atoms with van der Waals surface area (Å²) in [5.41, 5.74) is 1.24. The topological polar surface area (TPSA) is 79.3 Å². The fraction of sp³-hybridized carbons (Fsp3) is 0.462. The van der Waals surface area contributed by atoms with Gasteiger partial charge in [-0.05, 0) is 38.3 Å². The molecule has 1 amide bonds. The fourth-order valence-electron chi connectivity index (χ4n) is 2.32. The molecular weight excluding hydrogens is 232 g/mol. The van der Waals surface area contributed by atoms with Gasteiger partial charge in [0.25, 0.3) is 5.91 Å². The second-order valence-electron chi connectivity index (χ2n) is 4.65. The number of hydrogen-bond acceptors (Lipinski definition) is 3. The van der Waals surface area contributed by atoms with E-state index in [-0.39, 0.29) is 17.9 Å². The minimum Gasteiger partial charge on any atom is -0.481 e. The van der Waals surface area contributed by atoms with Crippen molar-refractivity contribution in [3.8, 4) is 0 Å². The Hall–Kier alpha value is -1.91. The molecule has 0 aliphatic heterocycles. The SMILES string of the molecule is Cc1ncccc1C(=O)NC1CCC(C(=O)O)C1. The number of rotatable bonds is 3. The van der Waals surface area contributed by atoms with Crippen molar-refractivity contribution in [3.63, 3.8) is 0 Å². The van der Waals surface area contributed by atoms with Crippen molar-refractivity contribution in [2.75, 3.05) is 0 Å². The van der Waals surface area contributed by atoms with Crippen LogP contribution in [0.25, 0.3) is 0 Å². The molecule has 2 N–H and O–H groups in total. The van der Waals surface area contributed by atoms with E-state index in [0.717, 1.165) is 6.42 Å². The molecule has 5 heteroatoms. The summed E-state index contributed by atoms with van der Waals surface area (Å²) in [5.74, 6) is -1.27. The molecule has 2 rings (SSSR count). The smallest absolute Gasteiger partial charge is 0.306 e. The Bertz CT molecular complexity index is 473. The van der Waals surface area contributed by atoms with Gasteiger partial charge < -0.3 is 10.4 Å². The van der Waals surface area contributed by atoms with E-state index in [9.17, 15) is 9.59 Å². The number of carbonyl (C=O) groups excluding carboxylic acids is 1. The lowest BCUT2D eigenvalue weighted by molar-refractivity contribution is -0.141. The number of pyridine rings is 1. The first-order chi connectivity index (χ1) is 8.58. The Balaban J connectivity index is 1.97. The van der Waals surface area contributed by atoms with Crippen LogP contribution >= 0.6 is 0 Å². The Morgan fingerprint density at radius 2 is 2.22 bits per heavy atom.